The molecule has 0 spiro atoms. The lowest BCUT2D eigenvalue weighted by Crippen LogP contribution is -2.32. The van der Waals surface area contributed by atoms with Crippen LogP contribution in [0.25, 0.3) is 0 Å². The third-order valence-electron chi connectivity index (χ3n) is 3.02. The summed E-state index contributed by atoms with van der Waals surface area (Å²) < 4.78 is 5.52. The highest BCUT2D eigenvalue weighted by Gasteiger charge is 2.11. The number of aliphatic hydroxyl groups excluding tert-OH is 1. The number of ether oxygens (including phenoxy) is 1. The lowest BCUT2D eigenvalue weighted by atomic mass is 10.2. The fraction of sp³-hybridized carbons (Fsp3) is 0.375. The van der Waals surface area contributed by atoms with Crippen LogP contribution in [0.15, 0.2) is 29.6 Å². The first-order valence-corrected chi connectivity index (χ1v) is 7.85. The van der Waals surface area contributed by atoms with E-state index in [-0.39, 0.29) is 6.61 Å². The van der Waals surface area contributed by atoms with Crippen molar-refractivity contribution in [2.75, 3.05) is 20.2 Å². The fourth-order valence-corrected chi connectivity index (χ4v) is 2.85. The minimum Gasteiger partial charge on any atom is -0.491 e. The minimum atomic E-state index is -0.582. The Hall–Kier alpha value is -1.94. The number of hydrogen-bond acceptors (Lipinski definition) is 6. The third kappa shape index (κ3) is 5.11. The Balaban J connectivity index is 1.74. The highest BCUT2D eigenvalue weighted by molar-refractivity contribution is 7.09. The van der Waals surface area contributed by atoms with Crippen molar-refractivity contribution < 1.29 is 9.84 Å². The van der Waals surface area contributed by atoms with Gasteiger partial charge in [0.1, 0.15) is 23.5 Å². The standard InChI is InChI=1S/C16H19N3O2S/c1-12-11-22-16(18-12)9-19(2)8-14(20)10-21-15-5-3-13(7-17)4-6-15/h3-6,11,14,20H,8-10H2,1-2H3. The summed E-state index contributed by atoms with van der Waals surface area (Å²) >= 11 is 1.63. The maximum Gasteiger partial charge on any atom is 0.119 e. The smallest absolute Gasteiger partial charge is 0.119 e. The van der Waals surface area contributed by atoms with E-state index in [2.05, 4.69) is 11.1 Å². The number of aryl methyl sites for hydroxylation is 1. The monoisotopic (exact) mass is 317 g/mol. The lowest BCUT2D eigenvalue weighted by Gasteiger charge is -2.19. The molecule has 1 aromatic heterocycles. The lowest BCUT2D eigenvalue weighted by molar-refractivity contribution is 0.0743. The van der Waals surface area contributed by atoms with Crippen LogP contribution in [0.1, 0.15) is 16.3 Å². The third-order valence-corrected chi connectivity index (χ3v) is 3.97. The van der Waals surface area contributed by atoms with Crippen LogP contribution < -0.4 is 4.74 Å². The summed E-state index contributed by atoms with van der Waals surface area (Å²) in [6.07, 6.45) is -0.582. The van der Waals surface area contributed by atoms with Gasteiger partial charge in [-0.3, -0.25) is 4.90 Å². The zero-order chi connectivity index (χ0) is 15.9. The van der Waals surface area contributed by atoms with Crippen LogP contribution in [0.3, 0.4) is 0 Å². The van der Waals surface area contributed by atoms with Crippen molar-refractivity contribution in [3.8, 4) is 11.8 Å². The van der Waals surface area contributed by atoms with Crippen molar-refractivity contribution in [1.29, 1.82) is 5.26 Å². The van der Waals surface area contributed by atoms with Crippen molar-refractivity contribution in [2.45, 2.75) is 19.6 Å². The summed E-state index contributed by atoms with van der Waals surface area (Å²) in [5, 5.41) is 21.8. The van der Waals surface area contributed by atoms with Crippen molar-refractivity contribution >= 4 is 11.3 Å². The van der Waals surface area contributed by atoms with E-state index in [1.54, 1.807) is 35.6 Å². The average Bonchev–Trinajstić information content (AvgIpc) is 2.90. The molecule has 0 radical (unpaired) electrons. The van der Waals surface area contributed by atoms with Crippen LogP contribution >= 0.6 is 11.3 Å². The first kappa shape index (κ1) is 16.4. The molecule has 116 valence electrons. The number of benzene rings is 1. The molecule has 0 aliphatic carbocycles. The van der Waals surface area contributed by atoms with Crippen LogP contribution in [-0.4, -0.2) is 41.3 Å². The molecule has 1 atom stereocenters. The molecule has 1 aromatic carbocycles. The maximum absolute atomic E-state index is 10.0. The van der Waals surface area contributed by atoms with Crippen molar-refractivity contribution in [2.24, 2.45) is 0 Å². The Morgan fingerprint density at radius 3 is 2.73 bits per heavy atom. The van der Waals surface area contributed by atoms with Gasteiger partial charge in [-0.1, -0.05) is 0 Å². The molecule has 6 heteroatoms. The van der Waals surface area contributed by atoms with E-state index in [9.17, 15) is 5.11 Å². The highest BCUT2D eigenvalue weighted by Crippen LogP contribution is 2.13. The van der Waals surface area contributed by atoms with Crippen LogP contribution in [0.4, 0.5) is 0 Å². The van der Waals surface area contributed by atoms with E-state index >= 15 is 0 Å². The van der Waals surface area contributed by atoms with Crippen molar-refractivity contribution in [3.63, 3.8) is 0 Å². The first-order chi connectivity index (χ1) is 10.6. The average molecular weight is 317 g/mol. The normalized spacial score (nSPS) is 12.1. The van der Waals surface area contributed by atoms with E-state index < -0.39 is 6.10 Å². The number of thiazole rings is 1. The topological polar surface area (TPSA) is 69.4 Å². The fourth-order valence-electron chi connectivity index (χ4n) is 2.00. The molecule has 0 amide bonds. The van der Waals surface area contributed by atoms with Gasteiger partial charge >= 0.3 is 0 Å². The van der Waals surface area contributed by atoms with E-state index in [0.717, 1.165) is 10.7 Å². The number of aromatic nitrogens is 1. The zero-order valence-electron chi connectivity index (χ0n) is 12.7. The molecule has 1 heterocycles. The van der Waals surface area contributed by atoms with Gasteiger partial charge in [-0.25, -0.2) is 4.98 Å². The summed E-state index contributed by atoms with van der Waals surface area (Å²) in [4.78, 5) is 6.42. The predicted molar refractivity (Wildman–Crippen MR) is 85.8 cm³/mol. The first-order valence-electron chi connectivity index (χ1n) is 6.97. The van der Waals surface area contributed by atoms with Crippen molar-refractivity contribution in [1.82, 2.24) is 9.88 Å². The van der Waals surface area contributed by atoms with Gasteiger partial charge < -0.3 is 9.84 Å². The van der Waals surface area contributed by atoms with Gasteiger partial charge in [0.2, 0.25) is 0 Å². The van der Waals surface area contributed by atoms with Crippen LogP contribution in [-0.2, 0) is 6.54 Å². The maximum atomic E-state index is 10.0. The van der Waals surface area contributed by atoms with Gasteiger partial charge in [0.05, 0.1) is 18.2 Å². The van der Waals surface area contributed by atoms with Crippen molar-refractivity contribution in [3.05, 3.63) is 45.9 Å². The molecule has 0 bridgehead atoms. The van der Waals surface area contributed by atoms with E-state index in [0.29, 0.717) is 24.4 Å². The number of rotatable bonds is 7. The van der Waals surface area contributed by atoms with Gasteiger partial charge in [0, 0.05) is 17.6 Å². The Morgan fingerprint density at radius 2 is 2.14 bits per heavy atom. The highest BCUT2D eigenvalue weighted by atomic mass is 32.1. The summed E-state index contributed by atoms with van der Waals surface area (Å²) in [7, 11) is 1.95. The summed E-state index contributed by atoms with van der Waals surface area (Å²) in [5.74, 6) is 0.649. The minimum absolute atomic E-state index is 0.215. The molecule has 0 saturated heterocycles. The second-order valence-corrected chi connectivity index (χ2v) is 6.12. The number of aliphatic hydroxyl groups is 1. The van der Waals surface area contributed by atoms with E-state index in [1.807, 2.05) is 24.3 Å². The zero-order valence-corrected chi connectivity index (χ0v) is 13.5. The molecular formula is C16H19N3O2S. The number of nitriles is 1. The van der Waals surface area contributed by atoms with Gasteiger partial charge in [-0.2, -0.15) is 5.26 Å². The molecule has 0 fully saturated rings. The van der Waals surface area contributed by atoms with E-state index in [4.69, 9.17) is 10.00 Å². The van der Waals surface area contributed by atoms with Crippen LogP contribution in [0, 0.1) is 18.3 Å². The molecule has 22 heavy (non-hydrogen) atoms. The molecule has 0 aliphatic heterocycles. The van der Waals surface area contributed by atoms with Crippen LogP contribution in [0.2, 0.25) is 0 Å². The van der Waals surface area contributed by atoms with Crippen LogP contribution in [0.5, 0.6) is 5.75 Å². The Morgan fingerprint density at radius 1 is 1.41 bits per heavy atom. The van der Waals surface area contributed by atoms with Gasteiger partial charge in [-0.05, 0) is 38.2 Å². The molecule has 1 N–H and O–H groups in total. The Labute approximate surface area is 134 Å². The number of likely N-dealkylation sites (N-methyl/N-ethyl adjacent to an activating group) is 1. The Bertz CT molecular complexity index is 634. The molecule has 1 unspecified atom stereocenters. The SMILES string of the molecule is Cc1csc(CN(C)CC(O)COc2ccc(C#N)cc2)n1. The van der Waals surface area contributed by atoms with Gasteiger partial charge in [0.25, 0.3) is 0 Å². The number of hydrogen-bond donors (Lipinski definition) is 1. The van der Waals surface area contributed by atoms with Gasteiger partial charge in [0.15, 0.2) is 0 Å². The molecular weight excluding hydrogens is 298 g/mol. The summed E-state index contributed by atoms with van der Waals surface area (Å²) in [5.41, 5.74) is 1.62. The second kappa shape index (κ2) is 7.90. The molecule has 5 nitrogen and oxygen atoms in total. The molecule has 2 rings (SSSR count). The summed E-state index contributed by atoms with van der Waals surface area (Å²) in [6.45, 7) is 3.41. The quantitative estimate of drug-likeness (QED) is 0.848. The predicted octanol–water partition coefficient (Wildman–Crippen LogP) is 2.19. The van der Waals surface area contributed by atoms with Gasteiger partial charge in [-0.15, -0.1) is 11.3 Å². The van der Waals surface area contributed by atoms with E-state index in [1.165, 1.54) is 0 Å². The molecule has 0 saturated carbocycles. The number of nitrogens with zero attached hydrogens (tertiary/aromatic N) is 3. The molecule has 0 aliphatic rings. The molecule has 2 aromatic rings. The Kier molecular flexibility index (Phi) is 5.90. The summed E-state index contributed by atoms with van der Waals surface area (Å²) in [6, 6.07) is 8.90. The second-order valence-electron chi connectivity index (χ2n) is 5.18. The largest absolute Gasteiger partial charge is 0.491 e.